The van der Waals surface area contributed by atoms with E-state index in [0.29, 0.717) is 12.5 Å². The molecule has 0 bridgehead atoms. The van der Waals surface area contributed by atoms with Gasteiger partial charge in [-0.05, 0) is 47.2 Å². The summed E-state index contributed by atoms with van der Waals surface area (Å²) in [5.74, 6) is 0.152. The molecule has 0 radical (unpaired) electrons. The second kappa shape index (κ2) is 6.44. The SMILES string of the molecule is Cc1cc(OCc2ccc(C(=O)[O-])cc2)ccc1C(C)C. The van der Waals surface area contributed by atoms with E-state index < -0.39 is 5.97 Å². The first-order valence-electron chi connectivity index (χ1n) is 7.01. The van der Waals surface area contributed by atoms with E-state index in [1.54, 1.807) is 12.1 Å². The van der Waals surface area contributed by atoms with Crippen molar-refractivity contribution in [1.82, 2.24) is 0 Å². The summed E-state index contributed by atoms with van der Waals surface area (Å²) in [7, 11) is 0. The molecule has 0 fully saturated rings. The molecule has 2 rings (SSSR count). The van der Waals surface area contributed by atoms with Gasteiger partial charge in [-0.15, -0.1) is 0 Å². The van der Waals surface area contributed by atoms with Crippen molar-refractivity contribution in [3.63, 3.8) is 0 Å². The molecule has 0 aromatic heterocycles. The third kappa shape index (κ3) is 3.85. The van der Waals surface area contributed by atoms with Crippen LogP contribution in [0.15, 0.2) is 42.5 Å². The molecule has 3 heteroatoms. The number of ether oxygens (including phenoxy) is 1. The Balaban J connectivity index is 2.02. The van der Waals surface area contributed by atoms with Crippen LogP contribution < -0.4 is 9.84 Å². The van der Waals surface area contributed by atoms with Crippen LogP contribution >= 0.6 is 0 Å². The second-order valence-electron chi connectivity index (χ2n) is 5.45. The number of hydrogen-bond acceptors (Lipinski definition) is 3. The third-order valence-corrected chi connectivity index (χ3v) is 3.46. The quantitative estimate of drug-likeness (QED) is 0.847. The van der Waals surface area contributed by atoms with Crippen LogP contribution in [-0.4, -0.2) is 5.97 Å². The zero-order chi connectivity index (χ0) is 15.4. The van der Waals surface area contributed by atoms with Crippen molar-refractivity contribution < 1.29 is 14.6 Å². The van der Waals surface area contributed by atoms with E-state index in [0.717, 1.165) is 11.3 Å². The molecule has 0 aliphatic rings. The van der Waals surface area contributed by atoms with Gasteiger partial charge in [-0.1, -0.05) is 44.2 Å². The summed E-state index contributed by atoms with van der Waals surface area (Å²) in [6.45, 7) is 6.83. The fraction of sp³-hybridized carbons (Fsp3) is 0.278. The summed E-state index contributed by atoms with van der Waals surface area (Å²) in [4.78, 5) is 10.7. The third-order valence-electron chi connectivity index (χ3n) is 3.46. The Morgan fingerprint density at radius 1 is 1.14 bits per heavy atom. The fourth-order valence-corrected chi connectivity index (χ4v) is 2.29. The number of carbonyl (C=O) groups excluding carboxylic acids is 1. The average molecular weight is 283 g/mol. The molecule has 2 aromatic carbocycles. The van der Waals surface area contributed by atoms with Crippen LogP contribution in [-0.2, 0) is 6.61 Å². The molecule has 0 heterocycles. The van der Waals surface area contributed by atoms with Crippen LogP contribution in [0.1, 0.15) is 46.8 Å². The van der Waals surface area contributed by atoms with Gasteiger partial charge in [-0.2, -0.15) is 0 Å². The Bertz CT molecular complexity index is 627. The molecule has 21 heavy (non-hydrogen) atoms. The van der Waals surface area contributed by atoms with Gasteiger partial charge in [0.05, 0.1) is 5.97 Å². The van der Waals surface area contributed by atoms with E-state index in [4.69, 9.17) is 4.74 Å². The Labute approximate surface area is 125 Å². The smallest absolute Gasteiger partial charge is 0.120 e. The molecule has 0 saturated carbocycles. The zero-order valence-electron chi connectivity index (χ0n) is 12.6. The van der Waals surface area contributed by atoms with E-state index in [1.807, 2.05) is 12.1 Å². The largest absolute Gasteiger partial charge is 0.545 e. The molecular formula is C18H19O3-. The van der Waals surface area contributed by atoms with Gasteiger partial charge in [-0.3, -0.25) is 0 Å². The Morgan fingerprint density at radius 3 is 2.33 bits per heavy atom. The lowest BCUT2D eigenvalue weighted by atomic mass is 9.98. The van der Waals surface area contributed by atoms with Crippen molar-refractivity contribution in [2.75, 3.05) is 0 Å². The van der Waals surface area contributed by atoms with Crippen molar-refractivity contribution in [3.05, 3.63) is 64.7 Å². The van der Waals surface area contributed by atoms with Crippen LogP contribution in [0.3, 0.4) is 0 Å². The van der Waals surface area contributed by atoms with Gasteiger partial charge in [0.1, 0.15) is 12.4 Å². The standard InChI is InChI=1S/C18H20O3/c1-12(2)17-9-8-16(10-13(17)3)21-11-14-4-6-15(7-5-14)18(19)20/h4-10,12H,11H2,1-3H3,(H,19,20)/p-1. The summed E-state index contributed by atoms with van der Waals surface area (Å²) in [5, 5.41) is 10.7. The minimum atomic E-state index is -1.16. The van der Waals surface area contributed by atoms with Gasteiger partial charge in [0.2, 0.25) is 0 Å². The van der Waals surface area contributed by atoms with Crippen LogP contribution in [0.25, 0.3) is 0 Å². The lowest BCUT2D eigenvalue weighted by Crippen LogP contribution is -2.22. The van der Waals surface area contributed by atoms with Gasteiger partial charge in [0.15, 0.2) is 0 Å². The number of carboxylic acid groups (broad SMARTS) is 1. The normalized spacial score (nSPS) is 10.7. The zero-order valence-corrected chi connectivity index (χ0v) is 12.6. The van der Waals surface area contributed by atoms with Crippen molar-refractivity contribution in [1.29, 1.82) is 0 Å². The highest BCUT2D eigenvalue weighted by molar-refractivity contribution is 5.85. The van der Waals surface area contributed by atoms with Crippen LogP contribution in [0.2, 0.25) is 0 Å². The van der Waals surface area contributed by atoms with Crippen molar-refractivity contribution in [2.24, 2.45) is 0 Å². The van der Waals surface area contributed by atoms with Gasteiger partial charge in [-0.25, -0.2) is 0 Å². The number of hydrogen-bond donors (Lipinski definition) is 0. The van der Waals surface area contributed by atoms with E-state index in [1.165, 1.54) is 23.3 Å². The van der Waals surface area contributed by atoms with Gasteiger partial charge < -0.3 is 14.6 Å². The van der Waals surface area contributed by atoms with Crippen LogP contribution in [0, 0.1) is 6.92 Å². The van der Waals surface area contributed by atoms with E-state index in [-0.39, 0.29) is 5.56 Å². The molecule has 0 aliphatic carbocycles. The first-order valence-corrected chi connectivity index (χ1v) is 7.01. The van der Waals surface area contributed by atoms with Gasteiger partial charge in [0.25, 0.3) is 0 Å². The maximum Gasteiger partial charge on any atom is 0.120 e. The Kier molecular flexibility index (Phi) is 4.63. The molecule has 0 N–H and O–H groups in total. The molecular weight excluding hydrogens is 264 g/mol. The van der Waals surface area contributed by atoms with Crippen LogP contribution in [0.4, 0.5) is 0 Å². The minimum Gasteiger partial charge on any atom is -0.545 e. The molecule has 2 aromatic rings. The minimum absolute atomic E-state index is 0.177. The molecule has 0 unspecified atom stereocenters. The van der Waals surface area contributed by atoms with Crippen molar-refractivity contribution in [2.45, 2.75) is 33.3 Å². The van der Waals surface area contributed by atoms with Crippen molar-refractivity contribution in [3.8, 4) is 5.75 Å². The molecule has 0 saturated heterocycles. The lowest BCUT2D eigenvalue weighted by Gasteiger charge is -2.12. The average Bonchev–Trinajstić information content (AvgIpc) is 2.45. The molecule has 0 amide bonds. The number of aromatic carboxylic acids is 1. The van der Waals surface area contributed by atoms with Gasteiger partial charge >= 0.3 is 0 Å². The maximum absolute atomic E-state index is 10.7. The van der Waals surface area contributed by atoms with Gasteiger partial charge in [0, 0.05) is 0 Å². The first kappa shape index (κ1) is 15.1. The van der Waals surface area contributed by atoms with E-state index >= 15 is 0 Å². The highest BCUT2D eigenvalue weighted by atomic mass is 16.5. The second-order valence-corrected chi connectivity index (χ2v) is 5.45. The summed E-state index contributed by atoms with van der Waals surface area (Å²) < 4.78 is 5.74. The molecule has 3 nitrogen and oxygen atoms in total. The highest BCUT2D eigenvalue weighted by Crippen LogP contribution is 2.24. The summed E-state index contributed by atoms with van der Waals surface area (Å²) in [6.07, 6.45) is 0. The van der Waals surface area contributed by atoms with E-state index in [9.17, 15) is 9.90 Å². The summed E-state index contributed by atoms with van der Waals surface area (Å²) in [5.41, 5.74) is 3.64. The lowest BCUT2D eigenvalue weighted by molar-refractivity contribution is -0.255. The number of benzene rings is 2. The Morgan fingerprint density at radius 2 is 1.81 bits per heavy atom. The topological polar surface area (TPSA) is 49.4 Å². The molecule has 0 atom stereocenters. The summed E-state index contributed by atoms with van der Waals surface area (Å²) >= 11 is 0. The maximum atomic E-state index is 10.7. The number of rotatable bonds is 5. The fourth-order valence-electron chi connectivity index (χ4n) is 2.29. The molecule has 110 valence electrons. The number of carbonyl (C=O) groups is 1. The number of aryl methyl sites for hydroxylation is 1. The van der Waals surface area contributed by atoms with Crippen molar-refractivity contribution >= 4 is 5.97 Å². The monoisotopic (exact) mass is 283 g/mol. The van der Waals surface area contributed by atoms with E-state index in [2.05, 4.69) is 26.8 Å². The molecule has 0 spiro atoms. The Hall–Kier alpha value is -2.29. The first-order chi connectivity index (χ1) is 9.97. The van der Waals surface area contributed by atoms with Crippen LogP contribution in [0.5, 0.6) is 5.75 Å². The highest BCUT2D eigenvalue weighted by Gasteiger charge is 2.05. The predicted molar refractivity (Wildman–Crippen MR) is 80.4 cm³/mol. The number of carboxylic acids is 1. The summed E-state index contributed by atoms with van der Waals surface area (Å²) in [6, 6.07) is 12.6. The molecule has 0 aliphatic heterocycles. The predicted octanol–water partition coefficient (Wildman–Crippen LogP) is 3.06.